The van der Waals surface area contributed by atoms with Gasteiger partial charge in [0.1, 0.15) is 11.3 Å². The van der Waals surface area contributed by atoms with Crippen LogP contribution in [0.15, 0.2) is 47.5 Å². The second kappa shape index (κ2) is 7.41. The number of phenolic OH excluding ortho intramolecular Hbond substituents is 1. The van der Waals surface area contributed by atoms with Crippen LogP contribution in [0.1, 0.15) is 32.7 Å². The van der Waals surface area contributed by atoms with Crippen molar-refractivity contribution >= 4 is 29.5 Å². The number of phenols is 1. The minimum atomic E-state index is -0.628. The summed E-state index contributed by atoms with van der Waals surface area (Å²) in [5, 5.41) is 17.4. The van der Waals surface area contributed by atoms with E-state index in [9.17, 15) is 9.90 Å². The molecule has 1 amide bonds. The average molecular weight is 369 g/mol. The van der Waals surface area contributed by atoms with E-state index in [-0.39, 0.29) is 17.1 Å². The molecule has 0 radical (unpaired) electrons. The van der Waals surface area contributed by atoms with Crippen molar-refractivity contribution in [3.8, 4) is 5.75 Å². The second-order valence-corrected chi connectivity index (χ2v) is 6.33. The molecule has 0 atom stereocenters. The van der Waals surface area contributed by atoms with Gasteiger partial charge in [-0.25, -0.2) is 4.99 Å². The maximum Gasteiger partial charge on any atom is 0.254 e. The first-order valence-corrected chi connectivity index (χ1v) is 8.27. The Morgan fingerprint density at radius 1 is 1.35 bits per heavy atom. The predicted molar refractivity (Wildman–Crippen MR) is 101 cm³/mol. The Hall–Kier alpha value is -3.12. The number of aromatic nitrogens is 2. The average Bonchev–Trinajstić information content (AvgIpc) is 2.98. The third-order valence-electron chi connectivity index (χ3n) is 3.85. The van der Waals surface area contributed by atoms with Crippen molar-refractivity contribution in [2.75, 3.05) is 0 Å². The van der Waals surface area contributed by atoms with Gasteiger partial charge in [-0.05, 0) is 36.8 Å². The van der Waals surface area contributed by atoms with Gasteiger partial charge in [-0.2, -0.15) is 5.10 Å². The van der Waals surface area contributed by atoms with Crippen LogP contribution < -0.4 is 5.73 Å². The van der Waals surface area contributed by atoms with Crippen molar-refractivity contribution in [2.24, 2.45) is 10.7 Å². The number of nitrogens with two attached hydrogens (primary N) is 1. The van der Waals surface area contributed by atoms with Crippen molar-refractivity contribution in [2.45, 2.75) is 13.3 Å². The summed E-state index contributed by atoms with van der Waals surface area (Å²) in [5.41, 5.74) is 8.71. The Bertz CT molecular complexity index is 995. The van der Waals surface area contributed by atoms with E-state index < -0.39 is 5.91 Å². The summed E-state index contributed by atoms with van der Waals surface area (Å²) in [6, 6.07) is 12.5. The van der Waals surface area contributed by atoms with Gasteiger partial charge in [0.25, 0.3) is 5.91 Å². The molecule has 2 aromatic carbocycles. The number of amides is 1. The number of halogens is 1. The van der Waals surface area contributed by atoms with Crippen LogP contribution in [0.2, 0.25) is 5.02 Å². The Balaban J connectivity index is 1.93. The lowest BCUT2D eigenvalue weighted by molar-refractivity contribution is 0.100. The number of H-pyrrole nitrogens is 1. The Morgan fingerprint density at radius 3 is 2.88 bits per heavy atom. The molecule has 0 unspecified atom stereocenters. The van der Waals surface area contributed by atoms with Gasteiger partial charge in [0.2, 0.25) is 0 Å². The molecule has 26 heavy (non-hydrogen) atoms. The number of benzene rings is 2. The highest BCUT2D eigenvalue weighted by Gasteiger charge is 2.18. The lowest BCUT2D eigenvalue weighted by Crippen LogP contribution is -2.13. The van der Waals surface area contributed by atoms with Gasteiger partial charge < -0.3 is 10.8 Å². The normalized spacial score (nSPS) is 11.2. The van der Waals surface area contributed by atoms with E-state index in [1.807, 2.05) is 19.1 Å². The topological polar surface area (TPSA) is 104 Å². The van der Waals surface area contributed by atoms with E-state index in [1.165, 1.54) is 6.21 Å². The van der Waals surface area contributed by atoms with Crippen molar-refractivity contribution in [1.82, 2.24) is 10.2 Å². The number of hydrogen-bond acceptors (Lipinski definition) is 4. The summed E-state index contributed by atoms with van der Waals surface area (Å²) in [6.07, 6.45) is 1.87. The molecule has 4 N–H and O–H groups in total. The molecule has 0 aliphatic rings. The number of nitrogens with zero attached hydrogens (tertiary/aromatic N) is 2. The van der Waals surface area contributed by atoms with Crippen LogP contribution in [0.3, 0.4) is 0 Å². The molecule has 7 heteroatoms. The van der Waals surface area contributed by atoms with Crippen LogP contribution in [0.4, 0.5) is 5.82 Å². The van der Waals surface area contributed by atoms with Gasteiger partial charge in [0.15, 0.2) is 5.82 Å². The predicted octanol–water partition coefficient (Wildman–Crippen LogP) is 3.52. The van der Waals surface area contributed by atoms with Gasteiger partial charge >= 0.3 is 0 Å². The number of aromatic amines is 1. The molecule has 0 aliphatic carbocycles. The Kier molecular flexibility index (Phi) is 5.04. The molecule has 6 nitrogen and oxygen atoms in total. The standard InChI is InChI=1S/C19H17ClN4O2/c1-11-5-6-16(25)13(7-11)10-22-19-17(18(21)26)15(23-24-19)9-12-3-2-4-14(20)8-12/h2-8,10,25H,9H2,1H3,(H2,21,26)(H,23,24). The number of aliphatic imine (C=N–C) groups is 1. The largest absolute Gasteiger partial charge is 0.507 e. The monoisotopic (exact) mass is 368 g/mol. The van der Waals surface area contributed by atoms with Gasteiger partial charge in [0, 0.05) is 23.2 Å². The van der Waals surface area contributed by atoms with Crippen LogP contribution in [0.5, 0.6) is 5.75 Å². The van der Waals surface area contributed by atoms with E-state index in [1.54, 1.807) is 30.3 Å². The number of nitrogens with one attached hydrogen (secondary N) is 1. The molecule has 1 aromatic heterocycles. The maximum absolute atomic E-state index is 11.9. The molecule has 3 rings (SSSR count). The zero-order valence-electron chi connectivity index (χ0n) is 14.0. The lowest BCUT2D eigenvalue weighted by Gasteiger charge is -2.02. The molecule has 3 aromatic rings. The van der Waals surface area contributed by atoms with E-state index in [2.05, 4.69) is 15.2 Å². The first kappa shape index (κ1) is 17.7. The molecule has 1 heterocycles. The van der Waals surface area contributed by atoms with E-state index in [0.29, 0.717) is 22.7 Å². The highest BCUT2D eigenvalue weighted by atomic mass is 35.5. The van der Waals surface area contributed by atoms with Crippen molar-refractivity contribution in [3.63, 3.8) is 0 Å². The van der Waals surface area contributed by atoms with Gasteiger partial charge in [0.05, 0.1) is 5.69 Å². The van der Waals surface area contributed by atoms with Gasteiger partial charge in [-0.3, -0.25) is 9.89 Å². The SMILES string of the molecule is Cc1ccc(O)c(C=Nc2n[nH]c(Cc3cccc(Cl)c3)c2C(N)=O)c1. The second-order valence-electron chi connectivity index (χ2n) is 5.89. The molecule has 0 saturated heterocycles. The lowest BCUT2D eigenvalue weighted by atomic mass is 10.1. The number of carbonyl (C=O) groups is 1. The van der Waals surface area contributed by atoms with Crippen LogP contribution >= 0.6 is 11.6 Å². The Labute approximate surface area is 155 Å². The molecule has 0 aliphatic heterocycles. The van der Waals surface area contributed by atoms with E-state index in [4.69, 9.17) is 17.3 Å². The molecule has 0 spiro atoms. The van der Waals surface area contributed by atoms with Crippen molar-refractivity contribution in [1.29, 1.82) is 0 Å². The minimum absolute atomic E-state index is 0.0923. The summed E-state index contributed by atoms with van der Waals surface area (Å²) in [6.45, 7) is 1.91. The van der Waals surface area contributed by atoms with Crippen LogP contribution in [-0.2, 0) is 6.42 Å². The summed E-state index contributed by atoms with van der Waals surface area (Å²) in [4.78, 5) is 16.1. The van der Waals surface area contributed by atoms with Gasteiger partial charge in [-0.15, -0.1) is 0 Å². The highest BCUT2D eigenvalue weighted by molar-refractivity contribution is 6.30. The van der Waals surface area contributed by atoms with Crippen LogP contribution in [0.25, 0.3) is 0 Å². The Morgan fingerprint density at radius 2 is 2.15 bits per heavy atom. The summed E-state index contributed by atoms with van der Waals surface area (Å²) in [7, 11) is 0. The fourth-order valence-electron chi connectivity index (χ4n) is 2.61. The van der Waals surface area contributed by atoms with E-state index >= 15 is 0 Å². The van der Waals surface area contributed by atoms with Crippen molar-refractivity contribution in [3.05, 3.63) is 75.4 Å². The van der Waals surface area contributed by atoms with Crippen LogP contribution in [0, 0.1) is 6.92 Å². The number of aryl methyl sites for hydroxylation is 1. The number of aromatic hydroxyl groups is 1. The van der Waals surface area contributed by atoms with Crippen LogP contribution in [-0.4, -0.2) is 27.4 Å². The van der Waals surface area contributed by atoms with E-state index in [0.717, 1.165) is 11.1 Å². The first-order valence-electron chi connectivity index (χ1n) is 7.89. The number of primary amides is 1. The molecule has 0 bridgehead atoms. The van der Waals surface area contributed by atoms with Gasteiger partial charge in [-0.1, -0.05) is 35.4 Å². The zero-order chi connectivity index (χ0) is 18.7. The molecule has 0 saturated carbocycles. The number of hydrogen-bond donors (Lipinski definition) is 3. The molecular weight excluding hydrogens is 352 g/mol. The summed E-state index contributed by atoms with van der Waals surface area (Å²) < 4.78 is 0. The summed E-state index contributed by atoms with van der Waals surface area (Å²) >= 11 is 6.00. The maximum atomic E-state index is 11.9. The highest BCUT2D eigenvalue weighted by Crippen LogP contribution is 2.24. The number of rotatable bonds is 5. The fourth-order valence-corrected chi connectivity index (χ4v) is 2.82. The quantitative estimate of drug-likeness (QED) is 0.600. The first-order chi connectivity index (χ1) is 12.4. The third-order valence-corrected chi connectivity index (χ3v) is 4.08. The number of carbonyl (C=O) groups excluding carboxylic acids is 1. The fraction of sp³-hybridized carbons (Fsp3) is 0.105. The smallest absolute Gasteiger partial charge is 0.254 e. The zero-order valence-corrected chi connectivity index (χ0v) is 14.8. The third kappa shape index (κ3) is 3.92. The van der Waals surface area contributed by atoms with Crippen molar-refractivity contribution < 1.29 is 9.90 Å². The molecular formula is C19H17ClN4O2. The summed E-state index contributed by atoms with van der Waals surface area (Å²) in [5.74, 6) is -0.360. The minimum Gasteiger partial charge on any atom is -0.507 e. The molecule has 132 valence electrons. The molecule has 0 fully saturated rings.